The van der Waals surface area contributed by atoms with Crippen LogP contribution in [0.1, 0.15) is 52.1 Å². The van der Waals surface area contributed by atoms with Gasteiger partial charge in [-0.05, 0) is 84.9 Å². The first-order valence-corrected chi connectivity index (χ1v) is 12.8. The van der Waals surface area contributed by atoms with E-state index < -0.39 is 0 Å². The molecule has 0 aliphatic heterocycles. The second-order valence-corrected chi connectivity index (χ2v) is 9.94. The van der Waals surface area contributed by atoms with Gasteiger partial charge in [0.25, 0.3) is 5.91 Å². The third-order valence-electron chi connectivity index (χ3n) is 6.15. The van der Waals surface area contributed by atoms with Gasteiger partial charge in [0.1, 0.15) is 0 Å². The van der Waals surface area contributed by atoms with Crippen LogP contribution in [0.2, 0.25) is 15.1 Å². The zero-order valence-electron chi connectivity index (χ0n) is 19.3. The minimum Gasteiger partial charge on any atom is -0.346 e. The van der Waals surface area contributed by atoms with Crippen molar-refractivity contribution < 1.29 is 4.79 Å². The number of amides is 1. The van der Waals surface area contributed by atoms with Crippen LogP contribution in [0.25, 0.3) is 17.3 Å². The monoisotopic (exact) mass is 536 g/mol. The number of carbonyl (C=O) groups excluding carboxylic acids is 1. The number of pyridine rings is 1. The number of nitrogens with zero attached hydrogens (tertiary/aromatic N) is 3. The molecule has 8 heteroatoms. The summed E-state index contributed by atoms with van der Waals surface area (Å²) in [4.78, 5) is 17.5. The molecule has 0 fully saturated rings. The van der Waals surface area contributed by atoms with Crippen molar-refractivity contribution in [2.45, 2.75) is 32.2 Å². The normalized spacial score (nSPS) is 14.4. The number of allylic oxidation sites excluding steroid dienone is 1. The average molecular weight is 538 g/mol. The number of hydrogen-bond acceptors (Lipinski definition) is 3. The molecule has 1 N–H and O–H groups in total. The standard InChI is InChI=1S/C28H23Cl3N4O/c29-21-9-7-18(8-10-21)14-20-5-1-2-6-23-26(28(36)33-17-19-4-3-13-32-16-19)34-35(27(20)23)25-12-11-22(30)15-24(25)31/h3-4,7-16H,1-2,5-6,17H2,(H,33,36). The molecule has 0 saturated carbocycles. The van der Waals surface area contributed by atoms with Crippen LogP contribution in [0, 0.1) is 0 Å². The maximum Gasteiger partial charge on any atom is 0.272 e. The van der Waals surface area contributed by atoms with Gasteiger partial charge in [0.2, 0.25) is 0 Å². The van der Waals surface area contributed by atoms with Crippen LogP contribution in [-0.2, 0) is 13.0 Å². The van der Waals surface area contributed by atoms with Gasteiger partial charge in [-0.25, -0.2) is 4.68 Å². The summed E-state index contributed by atoms with van der Waals surface area (Å²) in [5, 5.41) is 9.50. The Morgan fingerprint density at radius 2 is 1.78 bits per heavy atom. The number of carbonyl (C=O) groups is 1. The highest BCUT2D eigenvalue weighted by atomic mass is 35.5. The highest BCUT2D eigenvalue weighted by molar-refractivity contribution is 6.35. The Balaban J connectivity index is 1.62. The lowest BCUT2D eigenvalue weighted by Gasteiger charge is -2.13. The van der Waals surface area contributed by atoms with Crippen LogP contribution in [0.3, 0.4) is 0 Å². The Bertz CT molecular complexity index is 1430. The first kappa shape index (κ1) is 24.6. The summed E-state index contributed by atoms with van der Waals surface area (Å²) in [7, 11) is 0. The molecule has 1 amide bonds. The summed E-state index contributed by atoms with van der Waals surface area (Å²) in [6.45, 7) is 0.365. The van der Waals surface area contributed by atoms with Gasteiger partial charge < -0.3 is 5.32 Å². The van der Waals surface area contributed by atoms with Gasteiger partial charge in [-0.2, -0.15) is 5.10 Å². The molecule has 0 atom stereocenters. The van der Waals surface area contributed by atoms with Gasteiger partial charge in [-0.3, -0.25) is 9.78 Å². The van der Waals surface area contributed by atoms with Crippen LogP contribution < -0.4 is 5.32 Å². The zero-order valence-corrected chi connectivity index (χ0v) is 21.6. The number of halogens is 3. The topological polar surface area (TPSA) is 59.8 Å². The quantitative estimate of drug-likeness (QED) is 0.269. The molecule has 2 aromatic carbocycles. The van der Waals surface area contributed by atoms with Gasteiger partial charge in [0, 0.05) is 34.5 Å². The molecule has 5 rings (SSSR count). The summed E-state index contributed by atoms with van der Waals surface area (Å²) in [6.07, 6.45) is 9.13. The van der Waals surface area contributed by atoms with Crippen molar-refractivity contribution in [3.8, 4) is 5.69 Å². The lowest BCUT2D eigenvalue weighted by atomic mass is 10.0. The van der Waals surface area contributed by atoms with Crippen LogP contribution in [0.15, 0.2) is 67.0 Å². The maximum atomic E-state index is 13.4. The summed E-state index contributed by atoms with van der Waals surface area (Å²) >= 11 is 18.9. The number of rotatable bonds is 5. The molecular formula is C28H23Cl3N4O. The van der Waals surface area contributed by atoms with Crippen molar-refractivity contribution >= 4 is 52.4 Å². The minimum absolute atomic E-state index is 0.230. The summed E-state index contributed by atoms with van der Waals surface area (Å²) in [5.41, 5.74) is 5.94. The Hall–Kier alpha value is -3.12. The van der Waals surface area contributed by atoms with E-state index in [0.717, 1.165) is 53.6 Å². The predicted octanol–water partition coefficient (Wildman–Crippen LogP) is 7.42. The number of benzene rings is 2. The van der Waals surface area contributed by atoms with E-state index in [9.17, 15) is 4.79 Å². The Labute approximate surface area is 224 Å². The second kappa shape index (κ2) is 10.9. The highest BCUT2D eigenvalue weighted by Crippen LogP contribution is 2.37. The van der Waals surface area contributed by atoms with E-state index >= 15 is 0 Å². The molecule has 0 saturated heterocycles. The van der Waals surface area contributed by atoms with Gasteiger partial charge in [0.05, 0.1) is 16.4 Å². The molecule has 1 aliphatic rings. The second-order valence-electron chi connectivity index (χ2n) is 8.66. The third-order valence-corrected chi connectivity index (χ3v) is 6.94. The number of aromatic nitrogens is 3. The van der Waals surface area contributed by atoms with Crippen LogP contribution in [-0.4, -0.2) is 20.7 Å². The summed E-state index contributed by atoms with van der Waals surface area (Å²) in [5.74, 6) is -0.230. The molecule has 0 radical (unpaired) electrons. The number of nitrogens with one attached hydrogen (secondary N) is 1. The van der Waals surface area contributed by atoms with Crippen molar-refractivity contribution in [2.24, 2.45) is 0 Å². The van der Waals surface area contributed by atoms with E-state index in [0.29, 0.717) is 33.0 Å². The molecule has 1 aliphatic carbocycles. The highest BCUT2D eigenvalue weighted by Gasteiger charge is 2.28. The summed E-state index contributed by atoms with van der Waals surface area (Å²) in [6, 6.07) is 16.8. The van der Waals surface area contributed by atoms with Crippen molar-refractivity contribution in [3.05, 3.63) is 110 Å². The SMILES string of the molecule is O=C(NCc1cccnc1)c1nn(-c2ccc(Cl)cc2Cl)c2c1CCCCC2=Cc1ccc(Cl)cc1. The molecule has 2 aromatic heterocycles. The fourth-order valence-corrected chi connectivity index (χ4v) is 5.05. The average Bonchev–Trinajstić information content (AvgIpc) is 3.13. The lowest BCUT2D eigenvalue weighted by molar-refractivity contribution is 0.0944. The molecule has 0 bridgehead atoms. The third kappa shape index (κ3) is 5.34. The maximum absolute atomic E-state index is 13.4. The largest absolute Gasteiger partial charge is 0.346 e. The van der Waals surface area contributed by atoms with Crippen LogP contribution >= 0.6 is 34.8 Å². The molecule has 182 valence electrons. The lowest BCUT2D eigenvalue weighted by Crippen LogP contribution is -2.24. The Morgan fingerprint density at radius 1 is 1.00 bits per heavy atom. The van der Waals surface area contributed by atoms with E-state index in [1.807, 2.05) is 42.5 Å². The van der Waals surface area contributed by atoms with E-state index in [-0.39, 0.29) is 5.91 Å². The van der Waals surface area contributed by atoms with E-state index in [1.165, 1.54) is 0 Å². The van der Waals surface area contributed by atoms with E-state index in [4.69, 9.17) is 39.9 Å². The number of hydrogen-bond donors (Lipinski definition) is 1. The van der Waals surface area contributed by atoms with Crippen molar-refractivity contribution in [1.29, 1.82) is 0 Å². The van der Waals surface area contributed by atoms with Crippen LogP contribution in [0.5, 0.6) is 0 Å². The fraction of sp³-hybridized carbons (Fsp3) is 0.179. The predicted molar refractivity (Wildman–Crippen MR) is 146 cm³/mol. The van der Waals surface area contributed by atoms with Gasteiger partial charge >= 0.3 is 0 Å². The molecular weight excluding hydrogens is 515 g/mol. The molecule has 5 nitrogen and oxygen atoms in total. The van der Waals surface area contributed by atoms with Gasteiger partial charge in [-0.15, -0.1) is 0 Å². The van der Waals surface area contributed by atoms with Crippen LogP contribution in [0.4, 0.5) is 0 Å². The minimum atomic E-state index is -0.230. The molecule has 36 heavy (non-hydrogen) atoms. The van der Waals surface area contributed by atoms with E-state index in [1.54, 1.807) is 29.2 Å². The molecule has 0 unspecified atom stereocenters. The van der Waals surface area contributed by atoms with Gasteiger partial charge in [-0.1, -0.05) is 53.0 Å². The first-order valence-electron chi connectivity index (χ1n) is 11.7. The van der Waals surface area contributed by atoms with Crippen molar-refractivity contribution in [2.75, 3.05) is 0 Å². The molecule has 2 heterocycles. The van der Waals surface area contributed by atoms with Gasteiger partial charge in [0.15, 0.2) is 5.69 Å². The van der Waals surface area contributed by atoms with Crippen molar-refractivity contribution in [1.82, 2.24) is 20.1 Å². The van der Waals surface area contributed by atoms with Crippen molar-refractivity contribution in [3.63, 3.8) is 0 Å². The summed E-state index contributed by atoms with van der Waals surface area (Å²) < 4.78 is 1.79. The Morgan fingerprint density at radius 3 is 2.53 bits per heavy atom. The number of fused-ring (bicyclic) bond motifs is 1. The molecule has 4 aromatic rings. The zero-order chi connectivity index (χ0) is 25.1. The first-order chi connectivity index (χ1) is 17.5. The van der Waals surface area contributed by atoms with E-state index in [2.05, 4.69) is 16.4 Å². The molecule has 0 spiro atoms. The Kier molecular flexibility index (Phi) is 7.42. The fourth-order valence-electron chi connectivity index (χ4n) is 4.43. The smallest absolute Gasteiger partial charge is 0.272 e.